The second-order valence-electron chi connectivity index (χ2n) is 4.28. The Morgan fingerprint density at radius 1 is 1.05 bits per heavy atom. The lowest BCUT2D eigenvalue weighted by Crippen LogP contribution is -2.75. The number of rotatable bonds is 3. The van der Waals surface area contributed by atoms with E-state index in [1.807, 2.05) is 31.2 Å². The number of halogens is 1. The Morgan fingerprint density at radius 2 is 1.60 bits per heavy atom. The van der Waals surface area contributed by atoms with Crippen molar-refractivity contribution in [2.75, 3.05) is 0 Å². The highest BCUT2D eigenvalue weighted by Gasteiger charge is 2.10. The summed E-state index contributed by atoms with van der Waals surface area (Å²) in [7, 11) is 0. The average molecular weight is 290 g/mol. The van der Waals surface area contributed by atoms with Crippen LogP contribution in [0, 0.1) is 6.92 Å². The van der Waals surface area contributed by atoms with Gasteiger partial charge in [0.15, 0.2) is 0 Å². The van der Waals surface area contributed by atoms with Crippen molar-refractivity contribution in [3.05, 3.63) is 70.2 Å². The van der Waals surface area contributed by atoms with Crippen LogP contribution in [-0.4, -0.2) is 11.8 Å². The molecule has 102 valence electrons. The minimum absolute atomic E-state index is 0.271. The van der Waals surface area contributed by atoms with Crippen molar-refractivity contribution >= 4 is 23.4 Å². The molecule has 20 heavy (non-hydrogen) atoms. The molecule has 2 aromatic rings. The van der Waals surface area contributed by atoms with Crippen LogP contribution in [0.3, 0.4) is 0 Å². The minimum atomic E-state index is -0.531. The van der Waals surface area contributed by atoms with Gasteiger partial charge in [0.1, 0.15) is 0 Å². The van der Waals surface area contributed by atoms with Gasteiger partial charge >= 0.3 is 11.8 Å². The van der Waals surface area contributed by atoms with E-state index < -0.39 is 5.97 Å². The molecule has 0 aromatic heterocycles. The molecule has 0 amide bonds. The number of hydrogen-bond donors (Lipinski definition) is 2. The lowest BCUT2D eigenvalue weighted by molar-refractivity contribution is -0.721. The summed E-state index contributed by atoms with van der Waals surface area (Å²) in [4.78, 5) is 16.7. The first-order valence-electron chi connectivity index (χ1n) is 5.98. The molecule has 2 aromatic carbocycles. The van der Waals surface area contributed by atoms with Gasteiger partial charge in [0, 0.05) is 5.02 Å². The topological polar surface area (TPSA) is 66.3 Å². The zero-order valence-electron chi connectivity index (χ0n) is 10.9. The summed E-state index contributed by atoms with van der Waals surface area (Å²) in [6, 6.07) is 13.9. The number of hydrogen-bond acceptors (Lipinski definition) is 2. The van der Waals surface area contributed by atoms with Crippen LogP contribution in [0.25, 0.3) is 0 Å². The number of amidine groups is 1. The molecule has 0 fully saturated rings. The van der Waals surface area contributed by atoms with Gasteiger partial charge in [0.25, 0.3) is 0 Å². The van der Waals surface area contributed by atoms with Gasteiger partial charge in [-0.05, 0) is 43.3 Å². The van der Waals surface area contributed by atoms with Crippen LogP contribution in [-0.2, 0) is 4.84 Å². The molecule has 0 aliphatic rings. The van der Waals surface area contributed by atoms with Gasteiger partial charge in [-0.3, -0.25) is 10.6 Å². The van der Waals surface area contributed by atoms with Crippen molar-refractivity contribution in [2.24, 2.45) is 5.73 Å². The van der Waals surface area contributed by atoms with E-state index in [4.69, 9.17) is 22.2 Å². The maximum absolute atomic E-state index is 11.7. The van der Waals surface area contributed by atoms with Crippen LogP contribution in [0.15, 0.2) is 48.5 Å². The molecule has 2 rings (SSSR count). The van der Waals surface area contributed by atoms with Crippen molar-refractivity contribution in [1.82, 2.24) is 0 Å². The van der Waals surface area contributed by atoms with Crippen LogP contribution >= 0.6 is 11.6 Å². The summed E-state index contributed by atoms with van der Waals surface area (Å²) in [5.74, 6) is -0.260. The summed E-state index contributed by atoms with van der Waals surface area (Å²) in [5.41, 5.74) is 8.06. The van der Waals surface area contributed by atoms with Crippen LogP contribution in [0.4, 0.5) is 0 Å². The molecular weight excluding hydrogens is 276 g/mol. The number of carbonyl (C=O) groups excluding carboxylic acids is 1. The van der Waals surface area contributed by atoms with E-state index in [-0.39, 0.29) is 5.84 Å². The van der Waals surface area contributed by atoms with Crippen molar-refractivity contribution in [3.63, 3.8) is 0 Å². The largest absolute Gasteiger partial charge is 0.387 e. The fourth-order valence-corrected chi connectivity index (χ4v) is 1.66. The van der Waals surface area contributed by atoms with Gasteiger partial charge in [-0.25, -0.2) is 4.79 Å². The number of benzene rings is 2. The number of aryl methyl sites for hydroxylation is 1. The van der Waals surface area contributed by atoms with E-state index in [9.17, 15) is 4.79 Å². The van der Waals surface area contributed by atoms with Gasteiger partial charge in [0.05, 0.1) is 11.1 Å². The monoisotopic (exact) mass is 289 g/mol. The van der Waals surface area contributed by atoms with Crippen molar-refractivity contribution in [2.45, 2.75) is 6.92 Å². The highest BCUT2D eigenvalue weighted by Crippen LogP contribution is 2.09. The lowest BCUT2D eigenvalue weighted by Gasteiger charge is -1.98. The number of nitrogens with one attached hydrogen (secondary N) is 1. The molecule has 4 nitrogen and oxygen atoms in total. The van der Waals surface area contributed by atoms with Crippen molar-refractivity contribution < 1.29 is 14.8 Å². The van der Waals surface area contributed by atoms with E-state index in [1.54, 1.807) is 24.3 Å². The fraction of sp³-hybridized carbons (Fsp3) is 0.0667. The normalized spacial score (nSPS) is 11.2. The Kier molecular flexibility index (Phi) is 4.38. The fourth-order valence-electron chi connectivity index (χ4n) is 1.54. The zero-order valence-corrected chi connectivity index (χ0v) is 11.6. The van der Waals surface area contributed by atoms with Gasteiger partial charge in [-0.1, -0.05) is 34.5 Å². The van der Waals surface area contributed by atoms with Gasteiger partial charge in [0.2, 0.25) is 0 Å². The SMILES string of the molecule is Cc1ccc(C(N)=[NH+]OC(=O)c2ccc(Cl)cc2)cc1. The molecular formula is C15H14ClN2O2+. The molecule has 0 saturated heterocycles. The van der Waals surface area contributed by atoms with Gasteiger partial charge in [-0.15, -0.1) is 0 Å². The van der Waals surface area contributed by atoms with E-state index in [0.717, 1.165) is 11.1 Å². The first-order chi connectivity index (χ1) is 9.56. The molecule has 0 atom stereocenters. The summed E-state index contributed by atoms with van der Waals surface area (Å²) in [5, 5.41) is 3.00. The maximum Gasteiger partial charge on any atom is 0.387 e. The third-order valence-corrected chi connectivity index (χ3v) is 2.95. The molecule has 0 unspecified atom stereocenters. The second-order valence-corrected chi connectivity index (χ2v) is 4.71. The van der Waals surface area contributed by atoms with Crippen molar-refractivity contribution in [1.29, 1.82) is 0 Å². The second kappa shape index (κ2) is 6.21. The summed E-state index contributed by atoms with van der Waals surface area (Å²) in [6.07, 6.45) is 0. The Balaban J connectivity index is 2.06. The van der Waals surface area contributed by atoms with Crippen LogP contribution in [0.2, 0.25) is 5.02 Å². The Morgan fingerprint density at radius 3 is 2.20 bits per heavy atom. The van der Waals surface area contributed by atoms with Crippen LogP contribution in [0.5, 0.6) is 0 Å². The summed E-state index contributed by atoms with van der Waals surface area (Å²) in [6.45, 7) is 1.98. The summed E-state index contributed by atoms with van der Waals surface area (Å²) < 4.78 is 0. The predicted molar refractivity (Wildman–Crippen MR) is 77.3 cm³/mol. The lowest BCUT2D eigenvalue weighted by atomic mass is 10.1. The zero-order chi connectivity index (χ0) is 14.5. The highest BCUT2D eigenvalue weighted by molar-refractivity contribution is 6.30. The summed E-state index contributed by atoms with van der Waals surface area (Å²) >= 11 is 5.74. The van der Waals surface area contributed by atoms with E-state index in [1.165, 1.54) is 0 Å². The smallest absolute Gasteiger partial charge is 0.284 e. The molecule has 0 aliphatic heterocycles. The average Bonchev–Trinajstić information content (AvgIpc) is 2.46. The Labute approximate surface area is 121 Å². The molecule has 5 heteroatoms. The molecule has 3 N–H and O–H groups in total. The first-order valence-corrected chi connectivity index (χ1v) is 6.36. The van der Waals surface area contributed by atoms with E-state index in [0.29, 0.717) is 10.6 Å². The number of nitrogens with two attached hydrogens (primary N) is 1. The highest BCUT2D eigenvalue weighted by atomic mass is 35.5. The molecule has 0 bridgehead atoms. The molecule has 0 heterocycles. The third kappa shape index (κ3) is 3.59. The van der Waals surface area contributed by atoms with Gasteiger partial charge < -0.3 is 0 Å². The number of nitrogen functional groups attached to an aromatic ring is 1. The Hall–Kier alpha value is -2.33. The molecule has 0 radical (unpaired) electrons. The quantitative estimate of drug-likeness (QED) is 0.386. The molecule has 0 spiro atoms. The van der Waals surface area contributed by atoms with E-state index in [2.05, 4.69) is 5.16 Å². The van der Waals surface area contributed by atoms with Crippen LogP contribution in [0.1, 0.15) is 21.5 Å². The number of carbonyl (C=O) groups is 1. The van der Waals surface area contributed by atoms with Gasteiger partial charge in [-0.2, -0.15) is 0 Å². The molecule has 0 saturated carbocycles. The standard InChI is InChI=1S/C15H13ClN2O2/c1-10-2-4-11(5-3-10)14(17)18-20-15(19)12-6-8-13(16)9-7-12/h2-9H,1H3,(H2,17,18)/p+1. The van der Waals surface area contributed by atoms with Crippen molar-refractivity contribution in [3.8, 4) is 0 Å². The minimum Gasteiger partial charge on any atom is -0.284 e. The Bertz CT molecular complexity index is 634. The third-order valence-electron chi connectivity index (χ3n) is 2.70. The molecule has 0 aliphatic carbocycles. The van der Waals surface area contributed by atoms with E-state index >= 15 is 0 Å². The maximum atomic E-state index is 11.7. The predicted octanol–water partition coefficient (Wildman–Crippen LogP) is 1.21. The first kappa shape index (κ1) is 14.1. The van der Waals surface area contributed by atoms with Crippen LogP contribution < -0.4 is 10.9 Å².